The molecular weight excluding hydrogens is 200 g/mol. The Balaban J connectivity index is 2.12. The number of ether oxygens (including phenoxy) is 1. The molecule has 0 fully saturated rings. The minimum atomic E-state index is 0.689. The number of hydrogen-bond donors (Lipinski definition) is 1. The molecule has 1 atom stereocenters. The van der Waals surface area contributed by atoms with E-state index < -0.39 is 0 Å². The Morgan fingerprint density at radius 2 is 2.25 bits per heavy atom. The van der Waals surface area contributed by atoms with Gasteiger partial charge in [-0.15, -0.1) is 0 Å². The number of benzene rings is 1. The molecule has 0 bridgehead atoms. The predicted octanol–water partition coefficient (Wildman–Crippen LogP) is 1.84. The molecule has 0 radical (unpaired) electrons. The highest BCUT2D eigenvalue weighted by Gasteiger charge is 2.18. The van der Waals surface area contributed by atoms with Gasteiger partial charge in [0.1, 0.15) is 5.75 Å². The number of anilines is 1. The lowest BCUT2D eigenvalue weighted by Gasteiger charge is -2.28. The SMILES string of the molecule is COc1ccc2c(c1)CC(CN(C)C)CN2. The molecule has 0 aromatic heterocycles. The number of rotatable bonds is 3. The van der Waals surface area contributed by atoms with Crippen LogP contribution in [0.15, 0.2) is 18.2 Å². The Bertz CT molecular complexity index is 363. The molecular formula is C13H20N2O. The average molecular weight is 220 g/mol. The summed E-state index contributed by atoms with van der Waals surface area (Å²) >= 11 is 0. The van der Waals surface area contributed by atoms with E-state index in [0.29, 0.717) is 5.92 Å². The molecule has 1 aromatic carbocycles. The smallest absolute Gasteiger partial charge is 0.119 e. The van der Waals surface area contributed by atoms with Crippen LogP contribution in [0.3, 0.4) is 0 Å². The standard InChI is InChI=1S/C13H20N2O/c1-15(2)9-10-6-11-7-12(16-3)4-5-13(11)14-8-10/h4-5,7,10,14H,6,8-9H2,1-3H3. The third-order valence-corrected chi connectivity index (χ3v) is 3.03. The lowest BCUT2D eigenvalue weighted by molar-refractivity contribution is 0.328. The maximum absolute atomic E-state index is 5.26. The molecule has 0 saturated heterocycles. The zero-order valence-electron chi connectivity index (χ0n) is 10.3. The lowest BCUT2D eigenvalue weighted by Crippen LogP contribution is -2.31. The van der Waals surface area contributed by atoms with E-state index in [1.165, 1.54) is 11.3 Å². The summed E-state index contributed by atoms with van der Waals surface area (Å²) in [6.07, 6.45) is 1.14. The van der Waals surface area contributed by atoms with Crippen molar-refractivity contribution in [2.75, 3.05) is 39.6 Å². The van der Waals surface area contributed by atoms with E-state index in [1.54, 1.807) is 7.11 Å². The summed E-state index contributed by atoms with van der Waals surface area (Å²) in [6.45, 7) is 2.20. The summed E-state index contributed by atoms with van der Waals surface area (Å²) < 4.78 is 5.26. The van der Waals surface area contributed by atoms with Crippen molar-refractivity contribution in [2.24, 2.45) is 5.92 Å². The van der Waals surface area contributed by atoms with Gasteiger partial charge < -0.3 is 15.0 Å². The fourth-order valence-electron chi connectivity index (χ4n) is 2.32. The van der Waals surface area contributed by atoms with Crippen LogP contribution in [-0.4, -0.2) is 39.2 Å². The number of nitrogens with one attached hydrogen (secondary N) is 1. The van der Waals surface area contributed by atoms with E-state index in [2.05, 4.69) is 36.4 Å². The van der Waals surface area contributed by atoms with Crippen LogP contribution in [0.2, 0.25) is 0 Å². The van der Waals surface area contributed by atoms with Crippen LogP contribution in [-0.2, 0) is 6.42 Å². The van der Waals surface area contributed by atoms with Gasteiger partial charge in [0.2, 0.25) is 0 Å². The Morgan fingerprint density at radius 3 is 2.94 bits per heavy atom. The second-order valence-electron chi connectivity index (χ2n) is 4.74. The van der Waals surface area contributed by atoms with E-state index in [9.17, 15) is 0 Å². The zero-order chi connectivity index (χ0) is 11.5. The largest absolute Gasteiger partial charge is 0.497 e. The predicted molar refractivity (Wildman–Crippen MR) is 67.2 cm³/mol. The molecule has 0 spiro atoms. The number of nitrogens with zero attached hydrogens (tertiary/aromatic N) is 1. The minimum absolute atomic E-state index is 0.689. The van der Waals surface area contributed by atoms with Gasteiger partial charge in [0.05, 0.1) is 7.11 Å². The Hall–Kier alpha value is -1.22. The monoisotopic (exact) mass is 220 g/mol. The van der Waals surface area contributed by atoms with Crippen LogP contribution in [0, 0.1) is 5.92 Å². The zero-order valence-corrected chi connectivity index (χ0v) is 10.3. The third kappa shape index (κ3) is 2.47. The lowest BCUT2D eigenvalue weighted by atomic mass is 9.93. The van der Waals surface area contributed by atoms with E-state index in [0.717, 1.165) is 25.3 Å². The maximum Gasteiger partial charge on any atom is 0.119 e. The van der Waals surface area contributed by atoms with Crippen molar-refractivity contribution in [3.05, 3.63) is 23.8 Å². The molecule has 1 unspecified atom stereocenters. The van der Waals surface area contributed by atoms with Gasteiger partial charge in [-0.25, -0.2) is 0 Å². The molecule has 0 saturated carbocycles. The first-order valence-electron chi connectivity index (χ1n) is 5.74. The highest BCUT2D eigenvalue weighted by molar-refractivity contribution is 5.56. The number of methoxy groups -OCH3 is 1. The molecule has 1 aliphatic heterocycles. The van der Waals surface area contributed by atoms with E-state index in [4.69, 9.17) is 4.74 Å². The van der Waals surface area contributed by atoms with E-state index in [1.807, 2.05) is 6.07 Å². The Morgan fingerprint density at radius 1 is 1.44 bits per heavy atom. The minimum Gasteiger partial charge on any atom is -0.497 e. The van der Waals surface area contributed by atoms with Crippen LogP contribution >= 0.6 is 0 Å². The summed E-state index contributed by atoms with van der Waals surface area (Å²) in [5, 5.41) is 3.49. The average Bonchev–Trinajstić information content (AvgIpc) is 2.27. The molecule has 88 valence electrons. The van der Waals surface area contributed by atoms with Crippen molar-refractivity contribution in [2.45, 2.75) is 6.42 Å². The first-order valence-corrected chi connectivity index (χ1v) is 5.74. The first kappa shape index (κ1) is 11.3. The van der Waals surface area contributed by atoms with Crippen molar-refractivity contribution in [1.82, 2.24) is 4.90 Å². The summed E-state index contributed by atoms with van der Waals surface area (Å²) in [5.41, 5.74) is 2.63. The van der Waals surface area contributed by atoms with Crippen molar-refractivity contribution in [1.29, 1.82) is 0 Å². The third-order valence-electron chi connectivity index (χ3n) is 3.03. The molecule has 3 nitrogen and oxygen atoms in total. The van der Waals surface area contributed by atoms with Gasteiger partial charge in [0.25, 0.3) is 0 Å². The normalized spacial score (nSPS) is 19.1. The number of fused-ring (bicyclic) bond motifs is 1. The summed E-state index contributed by atoms with van der Waals surface area (Å²) in [5.74, 6) is 1.64. The summed E-state index contributed by atoms with van der Waals surface area (Å²) in [7, 11) is 5.97. The van der Waals surface area contributed by atoms with Crippen LogP contribution in [0.25, 0.3) is 0 Å². The van der Waals surface area contributed by atoms with Crippen molar-refractivity contribution in [3.63, 3.8) is 0 Å². The Kier molecular flexibility index (Phi) is 3.34. The molecule has 0 amide bonds. The fourth-order valence-corrected chi connectivity index (χ4v) is 2.32. The first-order chi connectivity index (χ1) is 7.69. The summed E-state index contributed by atoms with van der Waals surface area (Å²) in [4.78, 5) is 2.25. The van der Waals surface area contributed by atoms with Crippen molar-refractivity contribution < 1.29 is 4.74 Å². The maximum atomic E-state index is 5.26. The van der Waals surface area contributed by atoms with E-state index in [-0.39, 0.29) is 0 Å². The highest BCUT2D eigenvalue weighted by Crippen LogP contribution is 2.28. The quantitative estimate of drug-likeness (QED) is 0.841. The molecule has 1 N–H and O–H groups in total. The van der Waals surface area contributed by atoms with Gasteiger partial charge in [-0.1, -0.05) is 0 Å². The molecule has 3 heteroatoms. The molecule has 2 rings (SSSR count). The van der Waals surface area contributed by atoms with E-state index >= 15 is 0 Å². The van der Waals surface area contributed by atoms with Crippen molar-refractivity contribution >= 4 is 5.69 Å². The van der Waals surface area contributed by atoms with Gasteiger partial charge in [0, 0.05) is 18.8 Å². The van der Waals surface area contributed by atoms with Crippen LogP contribution in [0.1, 0.15) is 5.56 Å². The summed E-state index contributed by atoms with van der Waals surface area (Å²) in [6, 6.07) is 6.27. The molecule has 1 aromatic rings. The fraction of sp³-hybridized carbons (Fsp3) is 0.538. The highest BCUT2D eigenvalue weighted by atomic mass is 16.5. The van der Waals surface area contributed by atoms with Crippen LogP contribution in [0.5, 0.6) is 5.75 Å². The van der Waals surface area contributed by atoms with Gasteiger partial charge >= 0.3 is 0 Å². The van der Waals surface area contributed by atoms with Gasteiger partial charge in [-0.05, 0) is 50.2 Å². The van der Waals surface area contributed by atoms with Crippen molar-refractivity contribution in [3.8, 4) is 5.75 Å². The second-order valence-corrected chi connectivity index (χ2v) is 4.74. The molecule has 0 aliphatic carbocycles. The van der Waals surface area contributed by atoms with Crippen LogP contribution in [0.4, 0.5) is 5.69 Å². The Labute approximate surface area is 97.4 Å². The van der Waals surface area contributed by atoms with Gasteiger partial charge in [0.15, 0.2) is 0 Å². The second kappa shape index (κ2) is 4.74. The topological polar surface area (TPSA) is 24.5 Å². The van der Waals surface area contributed by atoms with Gasteiger partial charge in [-0.2, -0.15) is 0 Å². The molecule has 1 aliphatic rings. The van der Waals surface area contributed by atoms with Gasteiger partial charge in [-0.3, -0.25) is 0 Å². The van der Waals surface area contributed by atoms with Crippen LogP contribution < -0.4 is 10.1 Å². The number of hydrogen-bond acceptors (Lipinski definition) is 3. The molecule has 16 heavy (non-hydrogen) atoms. The molecule has 1 heterocycles.